The Morgan fingerprint density at radius 3 is 2.71 bits per heavy atom. The van der Waals surface area contributed by atoms with Gasteiger partial charge < -0.3 is 4.90 Å². The van der Waals surface area contributed by atoms with Crippen molar-refractivity contribution < 1.29 is 4.79 Å². The predicted octanol–water partition coefficient (Wildman–Crippen LogP) is 3.21. The SMILES string of the molecule is CCN(Cc1ccc(Br)s1)C(=O)Cn1nnc(-c2ccccc2)n1. The van der Waals surface area contributed by atoms with Crippen molar-refractivity contribution >= 4 is 33.2 Å². The van der Waals surface area contributed by atoms with Crippen LogP contribution < -0.4 is 0 Å². The molecule has 1 aromatic carbocycles. The van der Waals surface area contributed by atoms with Gasteiger partial charge in [-0.1, -0.05) is 30.3 Å². The zero-order valence-electron chi connectivity index (χ0n) is 13.1. The van der Waals surface area contributed by atoms with Gasteiger partial charge in [-0.05, 0) is 40.2 Å². The van der Waals surface area contributed by atoms with Crippen molar-refractivity contribution in [2.75, 3.05) is 6.54 Å². The van der Waals surface area contributed by atoms with Gasteiger partial charge in [-0.2, -0.15) is 4.80 Å². The molecule has 6 nitrogen and oxygen atoms in total. The van der Waals surface area contributed by atoms with E-state index < -0.39 is 0 Å². The molecule has 2 aromatic heterocycles. The molecule has 8 heteroatoms. The van der Waals surface area contributed by atoms with Crippen LogP contribution in [0, 0.1) is 0 Å². The maximum atomic E-state index is 12.5. The maximum Gasteiger partial charge on any atom is 0.246 e. The van der Waals surface area contributed by atoms with Crippen molar-refractivity contribution in [3.8, 4) is 11.4 Å². The molecule has 0 aliphatic rings. The summed E-state index contributed by atoms with van der Waals surface area (Å²) in [5.74, 6) is 0.493. The van der Waals surface area contributed by atoms with Gasteiger partial charge in [-0.25, -0.2) is 0 Å². The molecule has 0 aliphatic carbocycles. The second kappa shape index (κ2) is 7.67. The number of nitrogens with zero attached hydrogens (tertiary/aromatic N) is 5. The van der Waals surface area contributed by atoms with E-state index in [2.05, 4.69) is 31.3 Å². The molecule has 0 atom stereocenters. The molecular formula is C16H16BrN5OS. The number of halogens is 1. The van der Waals surface area contributed by atoms with Crippen LogP contribution in [0.25, 0.3) is 11.4 Å². The summed E-state index contributed by atoms with van der Waals surface area (Å²) in [4.78, 5) is 16.8. The van der Waals surface area contributed by atoms with Crippen LogP contribution in [-0.4, -0.2) is 37.6 Å². The number of hydrogen-bond acceptors (Lipinski definition) is 5. The average Bonchev–Trinajstić information content (AvgIpc) is 3.22. The van der Waals surface area contributed by atoms with Gasteiger partial charge in [0.2, 0.25) is 11.7 Å². The summed E-state index contributed by atoms with van der Waals surface area (Å²) < 4.78 is 1.06. The molecule has 3 aromatic rings. The number of carbonyl (C=O) groups is 1. The van der Waals surface area contributed by atoms with Crippen molar-refractivity contribution in [3.05, 3.63) is 51.1 Å². The quantitative estimate of drug-likeness (QED) is 0.631. The molecular weight excluding hydrogens is 390 g/mol. The minimum atomic E-state index is -0.0287. The van der Waals surface area contributed by atoms with Crippen LogP contribution in [0.5, 0.6) is 0 Å². The monoisotopic (exact) mass is 405 g/mol. The minimum Gasteiger partial charge on any atom is -0.336 e. The van der Waals surface area contributed by atoms with E-state index in [1.807, 2.05) is 49.4 Å². The molecule has 0 fully saturated rings. The first-order valence-electron chi connectivity index (χ1n) is 7.51. The fraction of sp³-hybridized carbons (Fsp3) is 0.250. The molecule has 0 spiro atoms. The number of carbonyl (C=O) groups excluding carboxylic acids is 1. The van der Waals surface area contributed by atoms with Gasteiger partial charge in [0.15, 0.2) is 0 Å². The third-order valence-corrected chi connectivity index (χ3v) is 5.08. The number of likely N-dealkylation sites (N-methyl/N-ethyl adjacent to an activating group) is 1. The van der Waals surface area contributed by atoms with Crippen molar-refractivity contribution in [2.24, 2.45) is 0 Å². The Morgan fingerprint density at radius 2 is 2.04 bits per heavy atom. The van der Waals surface area contributed by atoms with Gasteiger partial charge in [0, 0.05) is 17.0 Å². The Bertz CT molecular complexity index is 817. The standard InChI is InChI=1S/C16H16BrN5OS/c1-2-21(10-13-8-9-14(17)24-13)15(23)11-22-19-16(18-20-22)12-6-4-3-5-7-12/h3-9H,2,10-11H2,1H3. The third kappa shape index (κ3) is 4.07. The van der Waals surface area contributed by atoms with Crippen molar-refractivity contribution in [3.63, 3.8) is 0 Å². The largest absolute Gasteiger partial charge is 0.336 e. The Morgan fingerprint density at radius 1 is 1.25 bits per heavy atom. The fourth-order valence-corrected chi connectivity index (χ4v) is 3.73. The van der Waals surface area contributed by atoms with Crippen molar-refractivity contribution in [1.29, 1.82) is 0 Å². The summed E-state index contributed by atoms with van der Waals surface area (Å²) in [5.41, 5.74) is 0.881. The topological polar surface area (TPSA) is 63.9 Å². The second-order valence-corrected chi connectivity index (χ2v) is 7.67. The smallest absolute Gasteiger partial charge is 0.246 e. The molecule has 2 heterocycles. The van der Waals surface area contributed by atoms with E-state index in [4.69, 9.17) is 0 Å². The zero-order chi connectivity index (χ0) is 16.9. The molecule has 0 unspecified atom stereocenters. The van der Waals surface area contributed by atoms with E-state index in [1.165, 1.54) is 4.80 Å². The van der Waals surface area contributed by atoms with Crippen LogP contribution >= 0.6 is 27.3 Å². The summed E-state index contributed by atoms with van der Waals surface area (Å²) in [6.07, 6.45) is 0. The first-order chi connectivity index (χ1) is 11.7. The molecule has 0 bridgehead atoms. The number of hydrogen-bond donors (Lipinski definition) is 0. The molecule has 0 saturated heterocycles. The van der Waals surface area contributed by atoms with Gasteiger partial charge in [-0.15, -0.1) is 21.5 Å². The Kier molecular flexibility index (Phi) is 5.37. The van der Waals surface area contributed by atoms with Crippen LogP contribution in [0.15, 0.2) is 46.3 Å². The summed E-state index contributed by atoms with van der Waals surface area (Å²) in [6.45, 7) is 3.27. The highest BCUT2D eigenvalue weighted by Gasteiger charge is 2.16. The molecule has 24 heavy (non-hydrogen) atoms. The third-order valence-electron chi connectivity index (χ3n) is 3.47. The molecule has 1 amide bonds. The predicted molar refractivity (Wildman–Crippen MR) is 96.4 cm³/mol. The van der Waals surface area contributed by atoms with Gasteiger partial charge in [0.1, 0.15) is 6.54 Å². The van der Waals surface area contributed by atoms with E-state index in [1.54, 1.807) is 16.2 Å². The van der Waals surface area contributed by atoms with Gasteiger partial charge >= 0.3 is 0 Å². The minimum absolute atomic E-state index is 0.0287. The van der Waals surface area contributed by atoms with Crippen LogP contribution in [-0.2, 0) is 17.9 Å². The molecule has 0 aliphatic heterocycles. The average molecular weight is 406 g/mol. The number of tetrazole rings is 1. The maximum absolute atomic E-state index is 12.5. The number of rotatable bonds is 6. The Labute approximate surface area is 152 Å². The highest BCUT2D eigenvalue weighted by Crippen LogP contribution is 2.23. The summed E-state index contributed by atoms with van der Waals surface area (Å²) in [5, 5.41) is 12.3. The van der Waals surface area contributed by atoms with E-state index in [0.717, 1.165) is 14.2 Å². The summed E-state index contributed by atoms with van der Waals surface area (Å²) >= 11 is 5.07. The van der Waals surface area contributed by atoms with Gasteiger partial charge in [-0.3, -0.25) is 4.79 Å². The Balaban J connectivity index is 1.66. The first kappa shape index (κ1) is 16.8. The van der Waals surface area contributed by atoms with Crippen molar-refractivity contribution in [2.45, 2.75) is 20.0 Å². The number of thiophene rings is 1. The molecule has 0 saturated carbocycles. The second-order valence-electron chi connectivity index (χ2n) is 5.12. The number of aromatic nitrogens is 4. The summed E-state index contributed by atoms with van der Waals surface area (Å²) in [7, 11) is 0. The number of amides is 1. The molecule has 3 rings (SSSR count). The summed E-state index contributed by atoms with van der Waals surface area (Å²) in [6, 6.07) is 13.6. The van der Waals surface area contributed by atoms with Gasteiger partial charge in [0.05, 0.1) is 10.3 Å². The zero-order valence-corrected chi connectivity index (χ0v) is 15.5. The van der Waals surface area contributed by atoms with Crippen LogP contribution in [0.4, 0.5) is 0 Å². The number of benzene rings is 1. The molecule has 0 N–H and O–H groups in total. The lowest BCUT2D eigenvalue weighted by atomic mass is 10.2. The first-order valence-corrected chi connectivity index (χ1v) is 9.12. The fourth-order valence-electron chi connectivity index (χ4n) is 2.24. The Hall–Kier alpha value is -2.06. The molecule has 0 radical (unpaired) electrons. The van der Waals surface area contributed by atoms with Crippen LogP contribution in [0.2, 0.25) is 0 Å². The lowest BCUT2D eigenvalue weighted by Crippen LogP contribution is -2.33. The highest BCUT2D eigenvalue weighted by atomic mass is 79.9. The van der Waals surface area contributed by atoms with Gasteiger partial charge in [0.25, 0.3) is 0 Å². The van der Waals surface area contributed by atoms with E-state index in [9.17, 15) is 4.79 Å². The lowest BCUT2D eigenvalue weighted by molar-refractivity contribution is -0.132. The van der Waals surface area contributed by atoms with Crippen LogP contribution in [0.3, 0.4) is 0 Å². The highest BCUT2D eigenvalue weighted by molar-refractivity contribution is 9.11. The van der Waals surface area contributed by atoms with Crippen molar-refractivity contribution in [1.82, 2.24) is 25.1 Å². The lowest BCUT2D eigenvalue weighted by Gasteiger charge is -2.19. The van der Waals surface area contributed by atoms with Crippen LogP contribution in [0.1, 0.15) is 11.8 Å². The van der Waals surface area contributed by atoms with E-state index in [0.29, 0.717) is 18.9 Å². The molecule has 124 valence electrons. The van der Waals surface area contributed by atoms with E-state index in [-0.39, 0.29) is 12.5 Å². The normalized spacial score (nSPS) is 10.8. The van der Waals surface area contributed by atoms with E-state index >= 15 is 0 Å².